The summed E-state index contributed by atoms with van der Waals surface area (Å²) >= 11 is 6.13. The van der Waals surface area contributed by atoms with E-state index >= 15 is 0 Å². The lowest BCUT2D eigenvalue weighted by molar-refractivity contribution is 0.221. The molecule has 4 rings (SSSR count). The topological polar surface area (TPSA) is 70.2 Å². The zero-order valence-electron chi connectivity index (χ0n) is 12.5. The SMILES string of the molecule is O=c1[nH]ncc(N2Cc3cccc(OC4CCNC4)c3C2)c1Cl. The Bertz CT molecular complexity index is 786. The Morgan fingerprint density at radius 3 is 3.09 bits per heavy atom. The van der Waals surface area contributed by atoms with E-state index in [0.717, 1.165) is 30.8 Å². The maximum atomic E-state index is 11.7. The number of aromatic nitrogens is 2. The minimum Gasteiger partial charge on any atom is -0.489 e. The van der Waals surface area contributed by atoms with Crippen LogP contribution in [-0.4, -0.2) is 29.4 Å². The van der Waals surface area contributed by atoms with Crippen molar-refractivity contribution in [1.29, 1.82) is 0 Å². The molecule has 1 saturated heterocycles. The van der Waals surface area contributed by atoms with Crippen LogP contribution in [0.2, 0.25) is 5.02 Å². The van der Waals surface area contributed by atoms with Gasteiger partial charge in [-0.05, 0) is 24.6 Å². The molecule has 120 valence electrons. The van der Waals surface area contributed by atoms with E-state index < -0.39 is 0 Å². The molecule has 2 N–H and O–H groups in total. The Hall–Kier alpha value is -2.05. The standard InChI is InChI=1S/C16H17ClN4O2/c17-15-13(7-19-20-16(15)22)21-8-10-2-1-3-14(12(10)9-21)23-11-4-5-18-6-11/h1-3,7,11,18H,4-6,8-9H2,(H,20,22). The van der Waals surface area contributed by atoms with Gasteiger partial charge in [-0.25, -0.2) is 5.10 Å². The number of fused-ring (bicyclic) bond motifs is 1. The molecule has 2 aromatic rings. The maximum absolute atomic E-state index is 11.7. The fourth-order valence-corrected chi connectivity index (χ4v) is 3.39. The normalized spacial score (nSPS) is 19.9. The van der Waals surface area contributed by atoms with Crippen LogP contribution in [0.4, 0.5) is 5.69 Å². The number of benzene rings is 1. The number of ether oxygens (including phenoxy) is 1. The highest BCUT2D eigenvalue weighted by Gasteiger charge is 2.26. The van der Waals surface area contributed by atoms with Crippen molar-refractivity contribution in [2.45, 2.75) is 25.6 Å². The van der Waals surface area contributed by atoms with E-state index in [1.807, 2.05) is 12.1 Å². The number of hydrogen-bond acceptors (Lipinski definition) is 5. The number of hydrogen-bond donors (Lipinski definition) is 2. The molecule has 1 aromatic carbocycles. The first kappa shape index (κ1) is 14.5. The van der Waals surface area contributed by atoms with Gasteiger partial charge in [-0.15, -0.1) is 0 Å². The summed E-state index contributed by atoms with van der Waals surface area (Å²) in [5.41, 5.74) is 2.65. The molecule has 3 heterocycles. The average Bonchev–Trinajstić information content (AvgIpc) is 3.19. The highest BCUT2D eigenvalue weighted by Crippen LogP contribution is 2.36. The monoisotopic (exact) mass is 332 g/mol. The molecule has 23 heavy (non-hydrogen) atoms. The third-order valence-corrected chi connectivity index (χ3v) is 4.73. The Kier molecular flexibility index (Phi) is 3.71. The second kappa shape index (κ2) is 5.86. The minimum atomic E-state index is -0.367. The van der Waals surface area contributed by atoms with Crippen LogP contribution in [-0.2, 0) is 13.1 Å². The van der Waals surface area contributed by atoms with Crippen LogP contribution in [0.15, 0.2) is 29.2 Å². The van der Waals surface area contributed by atoms with Crippen LogP contribution < -0.4 is 20.5 Å². The van der Waals surface area contributed by atoms with E-state index in [4.69, 9.17) is 16.3 Å². The molecular weight excluding hydrogens is 316 g/mol. The van der Waals surface area contributed by atoms with Crippen LogP contribution in [0, 0.1) is 0 Å². The highest BCUT2D eigenvalue weighted by molar-refractivity contribution is 6.33. The van der Waals surface area contributed by atoms with E-state index in [2.05, 4.69) is 26.5 Å². The van der Waals surface area contributed by atoms with Gasteiger partial charge in [0, 0.05) is 25.2 Å². The van der Waals surface area contributed by atoms with Gasteiger partial charge in [0.15, 0.2) is 0 Å². The largest absolute Gasteiger partial charge is 0.489 e. The number of rotatable bonds is 3. The van der Waals surface area contributed by atoms with Crippen molar-refractivity contribution in [3.63, 3.8) is 0 Å². The predicted octanol–water partition coefficient (Wildman–Crippen LogP) is 1.68. The van der Waals surface area contributed by atoms with E-state index in [1.165, 1.54) is 5.56 Å². The van der Waals surface area contributed by atoms with Gasteiger partial charge in [-0.1, -0.05) is 23.7 Å². The Balaban J connectivity index is 1.62. The number of halogens is 1. The van der Waals surface area contributed by atoms with E-state index in [-0.39, 0.29) is 16.7 Å². The Morgan fingerprint density at radius 1 is 1.35 bits per heavy atom. The first-order valence-electron chi connectivity index (χ1n) is 7.68. The first-order valence-corrected chi connectivity index (χ1v) is 8.06. The van der Waals surface area contributed by atoms with E-state index in [1.54, 1.807) is 6.20 Å². The molecule has 0 aliphatic carbocycles. The van der Waals surface area contributed by atoms with Gasteiger partial charge < -0.3 is 15.0 Å². The van der Waals surface area contributed by atoms with Gasteiger partial charge >= 0.3 is 0 Å². The molecule has 0 amide bonds. The smallest absolute Gasteiger partial charge is 0.285 e. The Morgan fingerprint density at radius 2 is 2.26 bits per heavy atom. The van der Waals surface area contributed by atoms with Gasteiger partial charge in [0.05, 0.1) is 11.9 Å². The lowest BCUT2D eigenvalue weighted by atomic mass is 10.1. The van der Waals surface area contributed by atoms with Crippen LogP contribution in [0.1, 0.15) is 17.5 Å². The first-order chi connectivity index (χ1) is 11.2. The summed E-state index contributed by atoms with van der Waals surface area (Å²) in [5.74, 6) is 0.924. The van der Waals surface area contributed by atoms with E-state index in [9.17, 15) is 4.79 Å². The molecule has 2 aliphatic heterocycles. The molecule has 7 heteroatoms. The van der Waals surface area contributed by atoms with Crippen molar-refractivity contribution in [2.75, 3.05) is 18.0 Å². The van der Waals surface area contributed by atoms with Crippen molar-refractivity contribution in [3.05, 3.63) is 50.9 Å². The third kappa shape index (κ3) is 2.68. The van der Waals surface area contributed by atoms with Gasteiger partial charge in [0.1, 0.15) is 16.9 Å². The molecule has 1 aromatic heterocycles. The fraction of sp³-hybridized carbons (Fsp3) is 0.375. The summed E-state index contributed by atoms with van der Waals surface area (Å²) in [7, 11) is 0. The average molecular weight is 333 g/mol. The predicted molar refractivity (Wildman–Crippen MR) is 88.1 cm³/mol. The van der Waals surface area contributed by atoms with Gasteiger partial charge in [-0.3, -0.25) is 4.79 Å². The molecule has 0 bridgehead atoms. The van der Waals surface area contributed by atoms with Gasteiger partial charge in [-0.2, -0.15) is 5.10 Å². The highest BCUT2D eigenvalue weighted by atomic mass is 35.5. The van der Waals surface area contributed by atoms with E-state index in [0.29, 0.717) is 18.8 Å². The zero-order valence-corrected chi connectivity index (χ0v) is 13.3. The van der Waals surface area contributed by atoms with Crippen LogP contribution in [0.3, 0.4) is 0 Å². The van der Waals surface area contributed by atoms with Crippen molar-refractivity contribution < 1.29 is 4.74 Å². The zero-order chi connectivity index (χ0) is 15.8. The maximum Gasteiger partial charge on any atom is 0.285 e. The van der Waals surface area contributed by atoms with Crippen molar-refractivity contribution in [1.82, 2.24) is 15.5 Å². The van der Waals surface area contributed by atoms with Crippen molar-refractivity contribution in [2.24, 2.45) is 0 Å². The minimum absolute atomic E-state index is 0.176. The second-order valence-electron chi connectivity index (χ2n) is 5.88. The third-order valence-electron chi connectivity index (χ3n) is 4.37. The quantitative estimate of drug-likeness (QED) is 0.895. The summed E-state index contributed by atoms with van der Waals surface area (Å²) in [5, 5.41) is 9.69. The lowest BCUT2D eigenvalue weighted by Gasteiger charge is -2.18. The van der Waals surface area contributed by atoms with Crippen molar-refractivity contribution in [3.8, 4) is 5.75 Å². The number of anilines is 1. The van der Waals surface area contributed by atoms with Gasteiger partial charge in [0.2, 0.25) is 0 Å². The summed E-state index contributed by atoms with van der Waals surface area (Å²) in [6.07, 6.45) is 2.84. The van der Waals surface area contributed by atoms with Crippen LogP contribution in [0.25, 0.3) is 0 Å². The summed E-state index contributed by atoms with van der Waals surface area (Å²) < 4.78 is 6.15. The molecular formula is C16H17ClN4O2. The summed E-state index contributed by atoms with van der Waals surface area (Å²) in [6, 6.07) is 6.11. The lowest BCUT2D eigenvalue weighted by Crippen LogP contribution is -2.21. The second-order valence-corrected chi connectivity index (χ2v) is 6.26. The summed E-state index contributed by atoms with van der Waals surface area (Å²) in [6.45, 7) is 3.24. The molecule has 6 nitrogen and oxygen atoms in total. The Labute approximate surface area is 138 Å². The molecule has 1 atom stereocenters. The van der Waals surface area contributed by atoms with Crippen LogP contribution >= 0.6 is 11.6 Å². The van der Waals surface area contributed by atoms with Crippen molar-refractivity contribution >= 4 is 17.3 Å². The molecule has 2 aliphatic rings. The molecule has 0 radical (unpaired) electrons. The molecule has 0 saturated carbocycles. The number of nitrogens with zero attached hydrogens (tertiary/aromatic N) is 2. The molecule has 0 spiro atoms. The molecule has 1 unspecified atom stereocenters. The summed E-state index contributed by atoms with van der Waals surface area (Å²) in [4.78, 5) is 13.7. The number of nitrogens with one attached hydrogen (secondary N) is 2. The fourth-order valence-electron chi connectivity index (χ4n) is 3.17. The number of H-pyrrole nitrogens is 1. The van der Waals surface area contributed by atoms with Crippen LogP contribution in [0.5, 0.6) is 5.75 Å². The number of aromatic amines is 1. The van der Waals surface area contributed by atoms with Gasteiger partial charge in [0.25, 0.3) is 5.56 Å². The molecule has 1 fully saturated rings.